The quantitative estimate of drug-likeness (QED) is 0.808. The molecule has 4 rings (SSSR count). The van der Waals surface area contributed by atoms with Crippen LogP contribution in [0.15, 0.2) is 42.5 Å². The van der Waals surface area contributed by atoms with Crippen LogP contribution in [0.25, 0.3) is 0 Å². The lowest BCUT2D eigenvalue weighted by atomic mass is 9.97. The molecule has 1 saturated heterocycles. The minimum atomic E-state index is -0.316. The largest absolute Gasteiger partial charge is 0.486 e. The average Bonchev–Trinajstić information content (AvgIpc) is 2.90. The van der Waals surface area contributed by atoms with Crippen LogP contribution in [-0.2, 0) is 16.0 Å². The summed E-state index contributed by atoms with van der Waals surface area (Å²) in [6, 6.07) is 13.3. The van der Waals surface area contributed by atoms with Gasteiger partial charge in [0.1, 0.15) is 13.2 Å². The molecular formula is C20H19NO4. The van der Waals surface area contributed by atoms with Crippen LogP contribution in [0.3, 0.4) is 0 Å². The Kier molecular flexibility index (Phi) is 3.92. The van der Waals surface area contributed by atoms with E-state index in [0.29, 0.717) is 36.8 Å². The molecule has 0 spiro atoms. The number of imide groups is 1. The van der Waals surface area contributed by atoms with Gasteiger partial charge in [-0.1, -0.05) is 29.8 Å². The number of nitrogens with zero attached hydrogens (tertiary/aromatic N) is 1. The molecule has 2 aliphatic rings. The Morgan fingerprint density at radius 2 is 1.72 bits per heavy atom. The summed E-state index contributed by atoms with van der Waals surface area (Å²) >= 11 is 0. The minimum Gasteiger partial charge on any atom is -0.486 e. The van der Waals surface area contributed by atoms with E-state index in [0.717, 1.165) is 5.56 Å². The first kappa shape index (κ1) is 15.7. The zero-order chi connectivity index (χ0) is 17.4. The number of hydrogen-bond donors (Lipinski definition) is 0. The van der Waals surface area contributed by atoms with Crippen molar-refractivity contribution in [1.29, 1.82) is 0 Å². The van der Waals surface area contributed by atoms with Crippen LogP contribution in [0.1, 0.15) is 17.5 Å². The standard InChI is InChI=1S/C20H19NO4/c1-13-2-4-14(5-3-13)10-15-11-19(22)21(20(15)23)16-6-7-17-18(12-16)25-9-8-24-17/h2-7,12,15H,8-11H2,1H3/t15-/m1/s1. The number of carbonyl (C=O) groups excluding carboxylic acids is 2. The van der Waals surface area contributed by atoms with Gasteiger partial charge in [0.25, 0.3) is 0 Å². The monoisotopic (exact) mass is 337 g/mol. The fraction of sp³-hybridized carbons (Fsp3) is 0.300. The normalized spacial score (nSPS) is 19.4. The Labute approximate surface area is 146 Å². The first-order chi connectivity index (χ1) is 12.1. The Morgan fingerprint density at radius 3 is 2.48 bits per heavy atom. The van der Waals surface area contributed by atoms with Crippen molar-refractivity contribution in [2.45, 2.75) is 19.8 Å². The SMILES string of the molecule is Cc1ccc(C[C@@H]2CC(=O)N(c3ccc4c(c3)OCCO4)C2=O)cc1. The summed E-state index contributed by atoms with van der Waals surface area (Å²) in [5.41, 5.74) is 2.79. The van der Waals surface area contributed by atoms with Crippen LogP contribution in [0.4, 0.5) is 5.69 Å². The van der Waals surface area contributed by atoms with Crippen molar-refractivity contribution in [2.24, 2.45) is 5.92 Å². The lowest BCUT2D eigenvalue weighted by Gasteiger charge is -2.21. The molecule has 0 aliphatic carbocycles. The number of hydrogen-bond acceptors (Lipinski definition) is 4. The Morgan fingerprint density at radius 1 is 1.00 bits per heavy atom. The van der Waals surface area contributed by atoms with Gasteiger partial charge < -0.3 is 9.47 Å². The van der Waals surface area contributed by atoms with Crippen LogP contribution in [0.5, 0.6) is 11.5 Å². The summed E-state index contributed by atoms with van der Waals surface area (Å²) in [7, 11) is 0. The third kappa shape index (κ3) is 2.97. The maximum Gasteiger partial charge on any atom is 0.237 e. The van der Waals surface area contributed by atoms with Gasteiger partial charge in [-0.25, -0.2) is 0 Å². The topological polar surface area (TPSA) is 55.8 Å². The number of rotatable bonds is 3. The summed E-state index contributed by atoms with van der Waals surface area (Å²) in [5, 5.41) is 0. The summed E-state index contributed by atoms with van der Waals surface area (Å²) < 4.78 is 11.0. The zero-order valence-corrected chi connectivity index (χ0v) is 14.0. The molecule has 0 aromatic heterocycles. The third-order valence-corrected chi connectivity index (χ3v) is 4.63. The highest BCUT2D eigenvalue weighted by atomic mass is 16.6. The number of ether oxygens (including phenoxy) is 2. The second-order valence-electron chi connectivity index (χ2n) is 6.49. The van der Waals surface area contributed by atoms with Gasteiger partial charge in [0.05, 0.1) is 11.6 Å². The van der Waals surface area contributed by atoms with E-state index in [4.69, 9.17) is 9.47 Å². The van der Waals surface area contributed by atoms with Crippen LogP contribution in [-0.4, -0.2) is 25.0 Å². The van der Waals surface area contributed by atoms with Crippen molar-refractivity contribution in [3.8, 4) is 11.5 Å². The fourth-order valence-corrected chi connectivity index (χ4v) is 3.31. The summed E-state index contributed by atoms with van der Waals surface area (Å²) in [6.45, 7) is 3.00. The van der Waals surface area contributed by atoms with E-state index >= 15 is 0 Å². The van der Waals surface area contributed by atoms with Crippen molar-refractivity contribution in [3.05, 3.63) is 53.6 Å². The maximum atomic E-state index is 12.8. The molecule has 5 heteroatoms. The Bertz CT molecular complexity index is 828. The highest BCUT2D eigenvalue weighted by Gasteiger charge is 2.39. The molecule has 1 fully saturated rings. The molecule has 0 radical (unpaired) electrons. The first-order valence-corrected chi connectivity index (χ1v) is 8.44. The molecular weight excluding hydrogens is 318 g/mol. The van der Waals surface area contributed by atoms with Crippen LogP contribution in [0, 0.1) is 12.8 Å². The molecule has 0 N–H and O–H groups in total. The van der Waals surface area contributed by atoms with E-state index in [1.165, 1.54) is 10.5 Å². The van der Waals surface area contributed by atoms with Gasteiger partial charge in [0, 0.05) is 12.5 Å². The highest BCUT2D eigenvalue weighted by Crippen LogP contribution is 2.36. The first-order valence-electron chi connectivity index (χ1n) is 8.44. The second-order valence-corrected chi connectivity index (χ2v) is 6.49. The van der Waals surface area contributed by atoms with Crippen LogP contribution >= 0.6 is 0 Å². The van der Waals surface area contributed by atoms with E-state index in [-0.39, 0.29) is 24.2 Å². The predicted molar refractivity (Wildman–Crippen MR) is 92.9 cm³/mol. The van der Waals surface area contributed by atoms with Gasteiger partial charge in [-0.2, -0.15) is 0 Å². The number of aryl methyl sites for hydroxylation is 1. The maximum absolute atomic E-state index is 12.8. The predicted octanol–water partition coefficient (Wildman–Crippen LogP) is 2.89. The van der Waals surface area contributed by atoms with Gasteiger partial charge in [0.2, 0.25) is 11.8 Å². The lowest BCUT2D eigenvalue weighted by molar-refractivity contribution is -0.122. The lowest BCUT2D eigenvalue weighted by Crippen LogP contribution is -2.31. The Hall–Kier alpha value is -2.82. The van der Waals surface area contributed by atoms with Gasteiger partial charge in [-0.05, 0) is 31.0 Å². The van der Waals surface area contributed by atoms with Crippen molar-refractivity contribution in [3.63, 3.8) is 0 Å². The molecule has 2 heterocycles. The summed E-state index contributed by atoms with van der Waals surface area (Å²) in [4.78, 5) is 26.5. The summed E-state index contributed by atoms with van der Waals surface area (Å²) in [5.74, 6) is 0.584. The molecule has 2 aromatic carbocycles. The van der Waals surface area contributed by atoms with Crippen LogP contribution in [0.2, 0.25) is 0 Å². The number of anilines is 1. The highest BCUT2D eigenvalue weighted by molar-refractivity contribution is 6.21. The second kappa shape index (κ2) is 6.24. The number of fused-ring (bicyclic) bond motifs is 1. The molecule has 2 amide bonds. The van der Waals surface area contributed by atoms with Gasteiger partial charge in [-0.15, -0.1) is 0 Å². The molecule has 5 nitrogen and oxygen atoms in total. The zero-order valence-electron chi connectivity index (χ0n) is 14.0. The number of carbonyl (C=O) groups is 2. The molecule has 25 heavy (non-hydrogen) atoms. The van der Waals surface area contributed by atoms with Gasteiger partial charge >= 0.3 is 0 Å². The van der Waals surface area contributed by atoms with Gasteiger partial charge in [0.15, 0.2) is 11.5 Å². The van der Waals surface area contributed by atoms with Crippen molar-refractivity contribution in [1.82, 2.24) is 0 Å². The Balaban J connectivity index is 1.56. The smallest absolute Gasteiger partial charge is 0.237 e. The average molecular weight is 337 g/mol. The molecule has 0 bridgehead atoms. The minimum absolute atomic E-state index is 0.151. The van der Waals surface area contributed by atoms with E-state index in [9.17, 15) is 9.59 Å². The van der Waals surface area contributed by atoms with Gasteiger partial charge in [-0.3, -0.25) is 14.5 Å². The van der Waals surface area contributed by atoms with Crippen molar-refractivity contribution in [2.75, 3.05) is 18.1 Å². The van der Waals surface area contributed by atoms with Crippen molar-refractivity contribution < 1.29 is 19.1 Å². The summed E-state index contributed by atoms with van der Waals surface area (Å²) in [6.07, 6.45) is 0.813. The molecule has 2 aliphatic heterocycles. The van der Waals surface area contributed by atoms with E-state index in [1.54, 1.807) is 18.2 Å². The van der Waals surface area contributed by atoms with Crippen LogP contribution < -0.4 is 14.4 Å². The fourth-order valence-electron chi connectivity index (χ4n) is 3.31. The number of benzene rings is 2. The molecule has 0 saturated carbocycles. The molecule has 128 valence electrons. The molecule has 2 aromatic rings. The molecule has 0 unspecified atom stereocenters. The third-order valence-electron chi connectivity index (χ3n) is 4.63. The number of amides is 2. The van der Waals surface area contributed by atoms with E-state index in [2.05, 4.69) is 0 Å². The molecule has 1 atom stereocenters. The van der Waals surface area contributed by atoms with Crippen molar-refractivity contribution >= 4 is 17.5 Å². The van der Waals surface area contributed by atoms with E-state index < -0.39 is 0 Å². The van der Waals surface area contributed by atoms with E-state index in [1.807, 2.05) is 31.2 Å².